The summed E-state index contributed by atoms with van der Waals surface area (Å²) in [6.45, 7) is 0. The van der Waals surface area contributed by atoms with E-state index in [1.165, 1.54) is 7.05 Å². The second-order valence-corrected chi connectivity index (χ2v) is 3.91. The number of benzene rings is 1. The fourth-order valence-electron chi connectivity index (χ4n) is 0.717. The predicted molar refractivity (Wildman–Crippen MR) is 46.3 cm³/mol. The van der Waals surface area contributed by atoms with E-state index in [2.05, 4.69) is 4.72 Å². The van der Waals surface area contributed by atoms with Crippen molar-refractivity contribution in [3.8, 4) is 0 Å². The Morgan fingerprint density at radius 1 is 1.17 bits per heavy atom. The fourth-order valence-corrected chi connectivity index (χ4v) is 1.47. The maximum absolute atomic E-state index is 11.1. The molecule has 1 aromatic carbocycles. The highest BCUT2D eigenvalue weighted by atomic mass is 32.2. The van der Waals surface area contributed by atoms with Crippen LogP contribution in [0.5, 0.6) is 0 Å². The molecule has 0 aliphatic heterocycles. The summed E-state index contributed by atoms with van der Waals surface area (Å²) in [4.78, 5) is 0.294. The van der Waals surface area contributed by atoms with Gasteiger partial charge in [0, 0.05) is 0 Å². The molecule has 12 heavy (non-hydrogen) atoms. The average Bonchev–Trinajstić information content (AvgIpc) is 2.06. The van der Waals surface area contributed by atoms with Gasteiger partial charge in [0.2, 0.25) is 10.0 Å². The van der Waals surface area contributed by atoms with Crippen LogP contribution in [-0.2, 0) is 10.0 Å². The molecule has 0 aliphatic rings. The van der Waals surface area contributed by atoms with Crippen molar-refractivity contribution < 1.29 is 13.9 Å². The van der Waals surface area contributed by atoms with Crippen LogP contribution in [0.25, 0.3) is 0 Å². The van der Waals surface area contributed by atoms with Crippen LogP contribution in [0.1, 0.15) is 0 Å². The summed E-state index contributed by atoms with van der Waals surface area (Å²) in [7, 11) is -1.86. The number of hydrogen-bond acceptors (Lipinski definition) is 2. The maximum Gasteiger partial charge on any atom is 0.240 e. The van der Waals surface area contributed by atoms with Gasteiger partial charge in [0.1, 0.15) is 0 Å². The first-order valence-electron chi connectivity index (χ1n) is 3.15. The van der Waals surface area contributed by atoms with Crippen LogP contribution in [0.3, 0.4) is 0 Å². The molecule has 0 saturated carbocycles. The van der Waals surface area contributed by atoms with E-state index < -0.39 is 10.0 Å². The first-order chi connectivity index (χ1) is 5.17. The smallest absolute Gasteiger partial charge is 0.240 e. The van der Waals surface area contributed by atoms with Gasteiger partial charge in [0.25, 0.3) is 0 Å². The lowest BCUT2D eigenvalue weighted by Crippen LogP contribution is -2.18. The van der Waals surface area contributed by atoms with Crippen LogP contribution in [0.4, 0.5) is 0 Å². The van der Waals surface area contributed by atoms with Crippen LogP contribution < -0.4 is 4.72 Å². The largest absolute Gasteiger partial charge is 0.412 e. The lowest BCUT2D eigenvalue weighted by atomic mass is 10.4. The topological polar surface area (TPSA) is 77.7 Å². The van der Waals surface area contributed by atoms with E-state index in [9.17, 15) is 8.42 Å². The molecule has 3 N–H and O–H groups in total. The number of hydrogen-bond donors (Lipinski definition) is 1. The highest BCUT2D eigenvalue weighted by Gasteiger charge is 2.08. The van der Waals surface area contributed by atoms with Crippen molar-refractivity contribution in [3.63, 3.8) is 0 Å². The van der Waals surface area contributed by atoms with Gasteiger partial charge in [0.15, 0.2) is 0 Å². The van der Waals surface area contributed by atoms with Crippen LogP contribution >= 0.6 is 0 Å². The quantitative estimate of drug-likeness (QED) is 0.697. The first kappa shape index (κ1) is 11.1. The molecule has 0 amide bonds. The molecular weight excluding hydrogens is 178 g/mol. The van der Waals surface area contributed by atoms with E-state index >= 15 is 0 Å². The minimum Gasteiger partial charge on any atom is -0.412 e. The van der Waals surface area contributed by atoms with E-state index in [1.54, 1.807) is 30.3 Å². The second kappa shape index (κ2) is 4.20. The molecule has 4 nitrogen and oxygen atoms in total. The number of sulfonamides is 1. The van der Waals surface area contributed by atoms with E-state index in [-0.39, 0.29) is 5.48 Å². The molecule has 0 bridgehead atoms. The summed E-state index contributed by atoms with van der Waals surface area (Å²) >= 11 is 0. The van der Waals surface area contributed by atoms with Gasteiger partial charge in [-0.25, -0.2) is 13.1 Å². The zero-order valence-corrected chi connectivity index (χ0v) is 7.43. The molecule has 0 unspecified atom stereocenters. The van der Waals surface area contributed by atoms with Gasteiger partial charge in [0.05, 0.1) is 4.90 Å². The molecular formula is C7H11NO3S. The summed E-state index contributed by atoms with van der Waals surface area (Å²) in [5.74, 6) is 0. The number of nitrogens with one attached hydrogen (secondary N) is 1. The Morgan fingerprint density at radius 2 is 1.67 bits per heavy atom. The minimum absolute atomic E-state index is 0. The SMILES string of the molecule is CNS(=O)(=O)c1ccccc1.O. The van der Waals surface area contributed by atoms with Gasteiger partial charge in [-0.15, -0.1) is 0 Å². The summed E-state index contributed by atoms with van der Waals surface area (Å²) < 4.78 is 24.4. The highest BCUT2D eigenvalue weighted by molar-refractivity contribution is 7.89. The monoisotopic (exact) mass is 189 g/mol. The summed E-state index contributed by atoms with van der Waals surface area (Å²) in [6.07, 6.45) is 0. The van der Waals surface area contributed by atoms with E-state index in [4.69, 9.17) is 0 Å². The average molecular weight is 189 g/mol. The molecule has 0 atom stereocenters. The zero-order valence-electron chi connectivity index (χ0n) is 6.61. The van der Waals surface area contributed by atoms with Crippen LogP contribution in [0.2, 0.25) is 0 Å². The van der Waals surface area contributed by atoms with E-state index in [0.29, 0.717) is 4.90 Å². The van der Waals surface area contributed by atoms with Gasteiger partial charge in [-0.2, -0.15) is 0 Å². The van der Waals surface area contributed by atoms with Gasteiger partial charge < -0.3 is 5.48 Å². The van der Waals surface area contributed by atoms with Crippen LogP contribution in [0, 0.1) is 0 Å². The Hall–Kier alpha value is -0.910. The Balaban J connectivity index is 0.00000121. The Bertz CT molecular complexity index is 320. The molecule has 0 aliphatic carbocycles. The van der Waals surface area contributed by atoms with Crippen molar-refractivity contribution in [1.82, 2.24) is 4.72 Å². The molecule has 68 valence electrons. The van der Waals surface area contributed by atoms with Crippen molar-refractivity contribution in [1.29, 1.82) is 0 Å². The molecule has 0 spiro atoms. The van der Waals surface area contributed by atoms with E-state index in [1.807, 2.05) is 0 Å². The third-order valence-electron chi connectivity index (χ3n) is 1.32. The standard InChI is InChI=1S/C7H9NO2S.H2O/c1-8-11(9,10)7-5-3-2-4-6-7;/h2-6,8H,1H3;1H2. The fraction of sp³-hybridized carbons (Fsp3) is 0.143. The van der Waals surface area contributed by atoms with Crippen LogP contribution in [-0.4, -0.2) is 20.9 Å². The summed E-state index contributed by atoms with van der Waals surface area (Å²) in [5, 5.41) is 0. The lowest BCUT2D eigenvalue weighted by Gasteiger charge is -1.99. The highest BCUT2D eigenvalue weighted by Crippen LogP contribution is 2.05. The lowest BCUT2D eigenvalue weighted by molar-refractivity contribution is 0.588. The Morgan fingerprint density at radius 3 is 2.08 bits per heavy atom. The summed E-state index contributed by atoms with van der Waals surface area (Å²) in [6, 6.07) is 8.24. The predicted octanol–water partition coefficient (Wildman–Crippen LogP) is -0.230. The minimum atomic E-state index is -3.25. The Labute approximate surface area is 71.6 Å². The molecule has 0 aromatic heterocycles. The molecule has 1 rings (SSSR count). The van der Waals surface area contributed by atoms with Crippen molar-refractivity contribution >= 4 is 10.0 Å². The molecule has 0 saturated heterocycles. The molecule has 0 heterocycles. The van der Waals surface area contributed by atoms with E-state index in [0.717, 1.165) is 0 Å². The summed E-state index contributed by atoms with van der Waals surface area (Å²) in [5.41, 5.74) is 0. The molecule has 5 heteroatoms. The Kier molecular flexibility index (Phi) is 3.88. The van der Waals surface area contributed by atoms with Gasteiger partial charge >= 0.3 is 0 Å². The maximum atomic E-state index is 11.1. The van der Waals surface area contributed by atoms with Gasteiger partial charge in [-0.05, 0) is 19.2 Å². The van der Waals surface area contributed by atoms with Crippen molar-refractivity contribution in [2.75, 3.05) is 7.05 Å². The normalized spacial score (nSPS) is 10.4. The van der Waals surface area contributed by atoms with Crippen molar-refractivity contribution in [2.45, 2.75) is 4.90 Å². The van der Waals surface area contributed by atoms with Crippen molar-refractivity contribution in [2.24, 2.45) is 0 Å². The zero-order chi connectivity index (χ0) is 8.32. The molecule has 0 fully saturated rings. The third-order valence-corrected chi connectivity index (χ3v) is 2.75. The number of rotatable bonds is 2. The second-order valence-electron chi connectivity index (χ2n) is 2.02. The van der Waals surface area contributed by atoms with Crippen molar-refractivity contribution in [3.05, 3.63) is 30.3 Å². The first-order valence-corrected chi connectivity index (χ1v) is 4.64. The third kappa shape index (κ3) is 2.30. The molecule has 0 radical (unpaired) electrons. The van der Waals surface area contributed by atoms with Gasteiger partial charge in [-0.3, -0.25) is 0 Å². The van der Waals surface area contributed by atoms with Crippen LogP contribution in [0.15, 0.2) is 35.2 Å². The van der Waals surface area contributed by atoms with Gasteiger partial charge in [-0.1, -0.05) is 18.2 Å². The molecule has 1 aromatic rings.